The fourth-order valence-corrected chi connectivity index (χ4v) is 3.88. The molecule has 1 atom stereocenters. The summed E-state index contributed by atoms with van der Waals surface area (Å²) >= 11 is 0. The maximum absolute atomic E-state index is 12.9. The summed E-state index contributed by atoms with van der Waals surface area (Å²) in [6, 6.07) is 12.3. The van der Waals surface area contributed by atoms with Crippen molar-refractivity contribution in [1.82, 2.24) is 9.88 Å². The van der Waals surface area contributed by atoms with E-state index in [0.717, 1.165) is 56.2 Å². The monoisotopic (exact) mass is 351 g/mol. The number of piperazine rings is 1. The van der Waals surface area contributed by atoms with E-state index in [9.17, 15) is 4.79 Å². The zero-order valence-electron chi connectivity index (χ0n) is 15.4. The Morgan fingerprint density at radius 2 is 1.77 bits per heavy atom. The first kappa shape index (κ1) is 16.9. The number of benzene rings is 1. The second-order valence-corrected chi connectivity index (χ2v) is 7.17. The third kappa shape index (κ3) is 3.39. The molecule has 2 aliphatic heterocycles. The van der Waals surface area contributed by atoms with Crippen molar-refractivity contribution in [3.8, 4) is 5.75 Å². The molecule has 0 N–H and O–H groups in total. The summed E-state index contributed by atoms with van der Waals surface area (Å²) in [6.45, 7) is 7.21. The van der Waals surface area contributed by atoms with E-state index in [0.29, 0.717) is 0 Å². The van der Waals surface area contributed by atoms with Crippen molar-refractivity contribution in [2.24, 2.45) is 0 Å². The number of ether oxygens (including phenoxy) is 1. The average molecular weight is 351 g/mol. The lowest BCUT2D eigenvalue weighted by Crippen LogP contribution is -2.53. The number of aromatic nitrogens is 1. The van der Waals surface area contributed by atoms with Crippen LogP contribution in [0.25, 0.3) is 0 Å². The van der Waals surface area contributed by atoms with Gasteiger partial charge in [-0.2, -0.15) is 0 Å². The Morgan fingerprint density at radius 3 is 2.50 bits per heavy atom. The van der Waals surface area contributed by atoms with E-state index in [1.165, 1.54) is 11.3 Å². The van der Waals surface area contributed by atoms with Crippen molar-refractivity contribution in [1.29, 1.82) is 0 Å². The van der Waals surface area contributed by atoms with Crippen molar-refractivity contribution in [3.63, 3.8) is 0 Å². The van der Waals surface area contributed by atoms with E-state index in [2.05, 4.69) is 28.1 Å². The molecule has 4 rings (SSSR count). The Kier molecular flexibility index (Phi) is 4.53. The molecule has 2 aromatic rings. The molecule has 0 bridgehead atoms. The van der Waals surface area contributed by atoms with Crippen molar-refractivity contribution in [2.75, 3.05) is 31.1 Å². The highest BCUT2D eigenvalue weighted by Gasteiger charge is 2.31. The van der Waals surface area contributed by atoms with Gasteiger partial charge in [-0.25, -0.2) is 0 Å². The molecular weight excluding hydrogens is 326 g/mol. The fourth-order valence-electron chi connectivity index (χ4n) is 3.88. The number of pyridine rings is 1. The highest BCUT2D eigenvalue weighted by atomic mass is 16.5. The van der Waals surface area contributed by atoms with E-state index in [1.807, 2.05) is 36.9 Å². The molecule has 1 saturated heterocycles. The summed E-state index contributed by atoms with van der Waals surface area (Å²) in [7, 11) is 0. The molecule has 1 unspecified atom stereocenters. The number of rotatable bonds is 2. The van der Waals surface area contributed by atoms with Gasteiger partial charge in [-0.1, -0.05) is 18.2 Å². The normalized spacial score (nSPS) is 19.7. The van der Waals surface area contributed by atoms with Gasteiger partial charge in [0.15, 0.2) is 6.10 Å². The number of anilines is 1. The van der Waals surface area contributed by atoms with Gasteiger partial charge in [0.25, 0.3) is 5.91 Å². The Balaban J connectivity index is 1.38. The van der Waals surface area contributed by atoms with Crippen LogP contribution in [0.15, 0.2) is 36.4 Å². The minimum absolute atomic E-state index is 0.126. The van der Waals surface area contributed by atoms with Gasteiger partial charge in [0.2, 0.25) is 0 Å². The molecule has 0 spiro atoms. The van der Waals surface area contributed by atoms with Gasteiger partial charge < -0.3 is 14.5 Å². The lowest BCUT2D eigenvalue weighted by molar-refractivity contribution is -0.139. The van der Waals surface area contributed by atoms with Crippen LogP contribution in [0.2, 0.25) is 0 Å². The number of nitrogens with zero attached hydrogens (tertiary/aromatic N) is 3. The number of para-hydroxylation sites is 1. The number of hydrogen-bond donors (Lipinski definition) is 0. The molecule has 3 heterocycles. The van der Waals surface area contributed by atoms with Crippen molar-refractivity contribution < 1.29 is 9.53 Å². The standard InChI is InChI=1S/C21H25N3O2/c1-15-13-18(14-16(2)22-15)23-9-11-24(12-10-23)21(25)20-8-7-17-5-3-4-6-19(17)26-20/h3-6,13-14,20H,7-12H2,1-2H3. The third-order valence-electron chi connectivity index (χ3n) is 5.22. The van der Waals surface area contributed by atoms with Gasteiger partial charge in [-0.05, 0) is 50.5 Å². The molecule has 1 fully saturated rings. The zero-order chi connectivity index (χ0) is 18.1. The van der Waals surface area contributed by atoms with Crippen molar-refractivity contribution in [3.05, 3.63) is 53.3 Å². The highest BCUT2D eigenvalue weighted by molar-refractivity contribution is 5.82. The number of hydrogen-bond acceptors (Lipinski definition) is 4. The molecule has 1 aromatic carbocycles. The van der Waals surface area contributed by atoms with E-state index in [1.54, 1.807) is 0 Å². The lowest BCUT2D eigenvalue weighted by atomic mass is 10.0. The first-order valence-electron chi connectivity index (χ1n) is 9.34. The quantitative estimate of drug-likeness (QED) is 0.835. The number of fused-ring (bicyclic) bond motifs is 1. The molecule has 136 valence electrons. The zero-order valence-corrected chi connectivity index (χ0v) is 15.4. The van der Waals surface area contributed by atoms with Crippen LogP contribution in [-0.2, 0) is 11.2 Å². The second kappa shape index (κ2) is 6.98. The van der Waals surface area contributed by atoms with Gasteiger partial charge in [0.1, 0.15) is 5.75 Å². The van der Waals surface area contributed by atoms with Crippen LogP contribution in [0.3, 0.4) is 0 Å². The summed E-state index contributed by atoms with van der Waals surface area (Å²) in [5, 5.41) is 0. The largest absolute Gasteiger partial charge is 0.480 e. The Labute approximate surface area is 154 Å². The average Bonchev–Trinajstić information content (AvgIpc) is 2.66. The van der Waals surface area contributed by atoms with E-state index < -0.39 is 0 Å². The lowest BCUT2D eigenvalue weighted by Gasteiger charge is -2.38. The van der Waals surface area contributed by atoms with Gasteiger partial charge in [0.05, 0.1) is 0 Å². The SMILES string of the molecule is Cc1cc(N2CCN(C(=O)C3CCc4ccccc4O3)CC2)cc(C)n1. The molecule has 0 saturated carbocycles. The predicted octanol–water partition coefficient (Wildman–Crippen LogP) is 2.74. The van der Waals surface area contributed by atoms with Gasteiger partial charge in [-0.15, -0.1) is 0 Å². The predicted molar refractivity (Wildman–Crippen MR) is 102 cm³/mol. The first-order valence-corrected chi connectivity index (χ1v) is 9.34. The Hall–Kier alpha value is -2.56. The maximum Gasteiger partial charge on any atom is 0.263 e. The summed E-state index contributed by atoms with van der Waals surface area (Å²) < 4.78 is 5.98. The Morgan fingerprint density at radius 1 is 1.08 bits per heavy atom. The highest BCUT2D eigenvalue weighted by Crippen LogP contribution is 2.28. The second-order valence-electron chi connectivity index (χ2n) is 7.17. The summed E-state index contributed by atoms with van der Waals surface area (Å²) in [6.07, 6.45) is 1.32. The molecule has 5 heteroatoms. The number of carbonyl (C=O) groups excluding carboxylic acids is 1. The first-order chi connectivity index (χ1) is 12.6. The van der Waals surface area contributed by atoms with E-state index in [-0.39, 0.29) is 12.0 Å². The number of aryl methyl sites for hydroxylation is 3. The molecule has 5 nitrogen and oxygen atoms in total. The van der Waals surface area contributed by atoms with Crippen LogP contribution in [0.5, 0.6) is 5.75 Å². The number of carbonyl (C=O) groups is 1. The van der Waals surface area contributed by atoms with Crippen LogP contribution in [0.4, 0.5) is 5.69 Å². The third-order valence-corrected chi connectivity index (χ3v) is 5.22. The summed E-state index contributed by atoms with van der Waals surface area (Å²) in [5.41, 5.74) is 4.47. The molecule has 2 aliphatic rings. The van der Waals surface area contributed by atoms with E-state index in [4.69, 9.17) is 4.74 Å². The topological polar surface area (TPSA) is 45.7 Å². The van der Waals surface area contributed by atoms with E-state index >= 15 is 0 Å². The van der Waals surface area contributed by atoms with Crippen LogP contribution in [0, 0.1) is 13.8 Å². The summed E-state index contributed by atoms with van der Waals surface area (Å²) in [5.74, 6) is 0.986. The van der Waals surface area contributed by atoms with Gasteiger partial charge in [0, 0.05) is 43.3 Å². The van der Waals surface area contributed by atoms with Gasteiger partial charge >= 0.3 is 0 Å². The number of amides is 1. The molecular formula is C21H25N3O2. The van der Waals surface area contributed by atoms with Crippen LogP contribution in [0.1, 0.15) is 23.4 Å². The smallest absolute Gasteiger partial charge is 0.263 e. The minimum Gasteiger partial charge on any atom is -0.480 e. The molecule has 1 aromatic heterocycles. The summed E-state index contributed by atoms with van der Waals surface area (Å²) in [4.78, 5) is 21.6. The van der Waals surface area contributed by atoms with Gasteiger partial charge in [-0.3, -0.25) is 9.78 Å². The molecule has 0 radical (unpaired) electrons. The Bertz CT molecular complexity index is 792. The minimum atomic E-state index is -0.345. The fraction of sp³-hybridized carbons (Fsp3) is 0.429. The van der Waals surface area contributed by atoms with Crippen molar-refractivity contribution in [2.45, 2.75) is 32.8 Å². The van der Waals surface area contributed by atoms with Crippen molar-refractivity contribution >= 4 is 11.6 Å². The molecule has 1 amide bonds. The molecule has 0 aliphatic carbocycles. The van der Waals surface area contributed by atoms with Crippen LogP contribution >= 0.6 is 0 Å². The van der Waals surface area contributed by atoms with Crippen LogP contribution < -0.4 is 9.64 Å². The maximum atomic E-state index is 12.9. The van der Waals surface area contributed by atoms with Crippen LogP contribution in [-0.4, -0.2) is 48.1 Å². The molecule has 26 heavy (non-hydrogen) atoms.